The Balaban J connectivity index is 1.70. The number of nitrogens with zero attached hydrogens (tertiary/aromatic N) is 1. The van der Waals surface area contributed by atoms with E-state index in [9.17, 15) is 17.6 Å². The number of carbonyl (C=O) groups excluding carboxylic acids is 1. The number of carbonyl (C=O) groups is 1. The highest BCUT2D eigenvalue weighted by Crippen LogP contribution is 2.44. The minimum absolute atomic E-state index is 0.148. The fraction of sp³-hybridized carbons (Fsp3) is 0.562. The number of fused-ring (bicyclic) bond motifs is 2. The fourth-order valence-electron chi connectivity index (χ4n) is 3.84. The molecule has 5 nitrogen and oxygen atoms in total. The third-order valence-electron chi connectivity index (χ3n) is 4.87. The summed E-state index contributed by atoms with van der Waals surface area (Å²) >= 11 is 0. The molecule has 7 heteroatoms. The van der Waals surface area contributed by atoms with Crippen molar-refractivity contribution in [2.24, 2.45) is 11.8 Å². The predicted octanol–water partition coefficient (Wildman–Crippen LogP) is 1.90. The summed E-state index contributed by atoms with van der Waals surface area (Å²) < 4.78 is 38.2. The second kappa shape index (κ2) is 6.11. The molecular weight excluding hydrogens is 319 g/mol. The van der Waals surface area contributed by atoms with Crippen LogP contribution in [0.5, 0.6) is 0 Å². The van der Waals surface area contributed by atoms with Crippen LogP contribution in [0.2, 0.25) is 0 Å². The molecule has 0 unspecified atom stereocenters. The Morgan fingerprint density at radius 2 is 2.13 bits per heavy atom. The zero-order valence-corrected chi connectivity index (χ0v) is 13.9. The van der Waals surface area contributed by atoms with Crippen molar-refractivity contribution in [3.05, 3.63) is 30.1 Å². The molecule has 3 atom stereocenters. The van der Waals surface area contributed by atoms with Crippen molar-refractivity contribution in [3.63, 3.8) is 0 Å². The first-order valence-corrected chi connectivity index (χ1v) is 9.70. The van der Waals surface area contributed by atoms with Crippen LogP contribution in [0.4, 0.5) is 10.1 Å². The summed E-state index contributed by atoms with van der Waals surface area (Å²) in [4.78, 5) is 12.3. The lowest BCUT2D eigenvalue weighted by Gasteiger charge is -2.26. The van der Waals surface area contributed by atoms with Gasteiger partial charge in [0.1, 0.15) is 12.4 Å². The van der Waals surface area contributed by atoms with Gasteiger partial charge in [0.2, 0.25) is 15.9 Å². The standard InChI is InChI=1S/C16H21FN2O3S/c1-23(21,22)19(14-4-2-3-13(17)9-14)10-16(20)18-15-8-11-5-6-12(15)7-11/h2-4,9,11-12,15H,5-8,10H2,1H3,(H,18,20)/t11-,12-,15+/m1/s1. The number of anilines is 1. The van der Waals surface area contributed by atoms with Crippen LogP contribution in [-0.4, -0.2) is 33.2 Å². The van der Waals surface area contributed by atoms with Gasteiger partial charge in [-0.25, -0.2) is 12.8 Å². The number of halogens is 1. The summed E-state index contributed by atoms with van der Waals surface area (Å²) in [5.74, 6) is 0.339. The van der Waals surface area contributed by atoms with Crippen molar-refractivity contribution < 1.29 is 17.6 Å². The van der Waals surface area contributed by atoms with Crippen molar-refractivity contribution in [1.29, 1.82) is 0 Å². The number of nitrogens with one attached hydrogen (secondary N) is 1. The molecule has 0 heterocycles. The van der Waals surface area contributed by atoms with Crippen LogP contribution in [0.15, 0.2) is 24.3 Å². The Morgan fingerprint density at radius 3 is 2.70 bits per heavy atom. The number of benzene rings is 1. The molecule has 0 aromatic heterocycles. The molecule has 1 aromatic rings. The number of hydrogen-bond donors (Lipinski definition) is 1. The van der Waals surface area contributed by atoms with Crippen LogP contribution in [0.1, 0.15) is 25.7 Å². The third-order valence-corrected chi connectivity index (χ3v) is 6.01. The molecule has 0 saturated heterocycles. The van der Waals surface area contributed by atoms with Gasteiger partial charge in [0.05, 0.1) is 11.9 Å². The summed E-state index contributed by atoms with van der Waals surface area (Å²) in [5.41, 5.74) is 0.163. The van der Waals surface area contributed by atoms with Gasteiger partial charge in [0.15, 0.2) is 0 Å². The molecule has 126 valence electrons. The lowest BCUT2D eigenvalue weighted by atomic mass is 9.95. The average Bonchev–Trinajstić information content (AvgIpc) is 3.06. The van der Waals surface area contributed by atoms with Crippen LogP contribution < -0.4 is 9.62 Å². The molecule has 0 aliphatic heterocycles. The smallest absolute Gasteiger partial charge is 0.241 e. The Hall–Kier alpha value is -1.63. The average molecular weight is 340 g/mol. The second-order valence-electron chi connectivity index (χ2n) is 6.60. The summed E-state index contributed by atoms with van der Waals surface area (Å²) in [5, 5.41) is 2.96. The quantitative estimate of drug-likeness (QED) is 0.890. The van der Waals surface area contributed by atoms with Crippen molar-refractivity contribution in [2.45, 2.75) is 31.7 Å². The van der Waals surface area contributed by atoms with Crippen LogP contribution in [0.25, 0.3) is 0 Å². The molecule has 2 fully saturated rings. The van der Waals surface area contributed by atoms with Crippen LogP contribution in [-0.2, 0) is 14.8 Å². The highest BCUT2D eigenvalue weighted by atomic mass is 32.2. The van der Waals surface area contributed by atoms with E-state index in [0.717, 1.165) is 35.9 Å². The molecule has 1 aromatic carbocycles. The SMILES string of the molecule is CS(=O)(=O)N(CC(=O)N[C@H]1C[C@@H]2CC[C@@H]1C2)c1cccc(F)c1. The van der Waals surface area contributed by atoms with E-state index >= 15 is 0 Å². The number of amides is 1. The minimum Gasteiger partial charge on any atom is -0.352 e. The van der Waals surface area contributed by atoms with Crippen LogP contribution >= 0.6 is 0 Å². The summed E-state index contributed by atoms with van der Waals surface area (Å²) in [6.07, 6.45) is 5.52. The van der Waals surface area contributed by atoms with Gasteiger partial charge in [-0.1, -0.05) is 12.5 Å². The first-order valence-electron chi connectivity index (χ1n) is 7.85. The molecular formula is C16H21FN2O3S. The molecule has 23 heavy (non-hydrogen) atoms. The zero-order chi connectivity index (χ0) is 16.6. The molecule has 3 rings (SSSR count). The van der Waals surface area contributed by atoms with Gasteiger partial charge in [-0.2, -0.15) is 0 Å². The molecule has 1 amide bonds. The Morgan fingerprint density at radius 1 is 1.35 bits per heavy atom. The van der Waals surface area contributed by atoms with E-state index in [0.29, 0.717) is 11.8 Å². The third kappa shape index (κ3) is 3.65. The molecule has 1 N–H and O–H groups in total. The number of rotatable bonds is 5. The zero-order valence-electron chi connectivity index (χ0n) is 13.0. The molecule has 2 saturated carbocycles. The lowest BCUT2D eigenvalue weighted by molar-refractivity contribution is -0.120. The van der Waals surface area contributed by atoms with Gasteiger partial charge in [-0.3, -0.25) is 9.10 Å². The van der Waals surface area contributed by atoms with E-state index in [2.05, 4.69) is 5.32 Å². The van der Waals surface area contributed by atoms with Crippen LogP contribution in [0.3, 0.4) is 0 Å². The summed E-state index contributed by atoms with van der Waals surface area (Å²) in [7, 11) is -3.67. The summed E-state index contributed by atoms with van der Waals surface area (Å²) in [6.45, 7) is -0.323. The fourth-order valence-corrected chi connectivity index (χ4v) is 4.68. The maximum absolute atomic E-state index is 13.4. The van der Waals surface area contributed by atoms with Gasteiger partial charge < -0.3 is 5.32 Å². The van der Waals surface area contributed by atoms with E-state index in [1.54, 1.807) is 0 Å². The second-order valence-corrected chi connectivity index (χ2v) is 8.51. The van der Waals surface area contributed by atoms with E-state index in [1.165, 1.54) is 24.6 Å². The topological polar surface area (TPSA) is 66.5 Å². The molecule has 2 aliphatic rings. The van der Waals surface area contributed by atoms with E-state index in [4.69, 9.17) is 0 Å². The van der Waals surface area contributed by atoms with Gasteiger partial charge in [0.25, 0.3) is 0 Å². The predicted molar refractivity (Wildman–Crippen MR) is 86.0 cm³/mol. The minimum atomic E-state index is -3.67. The highest BCUT2D eigenvalue weighted by Gasteiger charge is 2.40. The maximum Gasteiger partial charge on any atom is 0.241 e. The summed E-state index contributed by atoms with van der Waals surface area (Å²) in [6, 6.07) is 5.41. The van der Waals surface area contributed by atoms with Gasteiger partial charge in [0, 0.05) is 6.04 Å². The van der Waals surface area contributed by atoms with E-state index in [1.807, 2.05) is 0 Å². The van der Waals surface area contributed by atoms with Gasteiger partial charge >= 0.3 is 0 Å². The first kappa shape index (κ1) is 16.2. The maximum atomic E-state index is 13.4. The van der Waals surface area contributed by atoms with Crippen molar-refractivity contribution in [2.75, 3.05) is 17.1 Å². The first-order chi connectivity index (χ1) is 10.8. The Kier molecular flexibility index (Phi) is 4.31. The number of sulfonamides is 1. The van der Waals surface area contributed by atoms with Crippen molar-refractivity contribution in [3.8, 4) is 0 Å². The van der Waals surface area contributed by atoms with Crippen molar-refractivity contribution >= 4 is 21.6 Å². The van der Waals surface area contributed by atoms with Gasteiger partial charge in [-0.15, -0.1) is 0 Å². The molecule has 2 bridgehead atoms. The molecule has 0 radical (unpaired) electrons. The van der Waals surface area contributed by atoms with Crippen molar-refractivity contribution in [1.82, 2.24) is 5.32 Å². The number of hydrogen-bond acceptors (Lipinski definition) is 3. The Labute approximate surface area is 135 Å². The monoisotopic (exact) mass is 340 g/mol. The molecule has 0 spiro atoms. The van der Waals surface area contributed by atoms with E-state index in [-0.39, 0.29) is 24.2 Å². The lowest BCUT2D eigenvalue weighted by Crippen LogP contribution is -2.45. The van der Waals surface area contributed by atoms with Crippen LogP contribution in [0, 0.1) is 17.7 Å². The Bertz CT molecular complexity index is 707. The highest BCUT2D eigenvalue weighted by molar-refractivity contribution is 7.92. The molecule has 2 aliphatic carbocycles. The normalized spacial score (nSPS) is 26.3. The van der Waals surface area contributed by atoms with Gasteiger partial charge in [-0.05, 0) is 49.3 Å². The largest absolute Gasteiger partial charge is 0.352 e. The van der Waals surface area contributed by atoms with E-state index < -0.39 is 15.8 Å².